The molecule has 1 heterocycles. The van der Waals surface area contributed by atoms with Crippen molar-refractivity contribution in [3.05, 3.63) is 0 Å². The van der Waals surface area contributed by atoms with Crippen molar-refractivity contribution in [1.29, 1.82) is 0 Å². The summed E-state index contributed by atoms with van der Waals surface area (Å²) < 4.78 is 31.9. The molecule has 1 saturated heterocycles. The minimum Gasteiger partial charge on any atom is -0.381 e. The summed E-state index contributed by atoms with van der Waals surface area (Å²) >= 11 is 0. The Labute approximate surface area is 128 Å². The summed E-state index contributed by atoms with van der Waals surface area (Å²) in [5.74, 6) is 0.206. The third kappa shape index (κ3) is 4.27. The van der Waals surface area contributed by atoms with Crippen molar-refractivity contribution in [3.8, 4) is 0 Å². The van der Waals surface area contributed by atoms with Gasteiger partial charge in [-0.2, -0.15) is 4.31 Å². The molecule has 1 aliphatic carbocycles. The van der Waals surface area contributed by atoms with Crippen molar-refractivity contribution < 1.29 is 17.9 Å². The molecule has 21 heavy (non-hydrogen) atoms. The van der Waals surface area contributed by atoms with Crippen molar-refractivity contribution in [2.75, 3.05) is 25.5 Å². The van der Waals surface area contributed by atoms with Crippen LogP contribution >= 0.6 is 0 Å². The Kier molecular flexibility index (Phi) is 6.20. The van der Waals surface area contributed by atoms with E-state index < -0.39 is 10.0 Å². The first-order valence-corrected chi connectivity index (χ1v) is 9.77. The number of rotatable bonds is 6. The summed E-state index contributed by atoms with van der Waals surface area (Å²) in [5, 5.41) is 0. The van der Waals surface area contributed by atoms with Gasteiger partial charge in [-0.1, -0.05) is 12.8 Å². The van der Waals surface area contributed by atoms with Crippen LogP contribution < -0.4 is 0 Å². The highest BCUT2D eigenvalue weighted by Gasteiger charge is 2.40. The number of nitrogens with zero attached hydrogens (tertiary/aromatic N) is 1. The van der Waals surface area contributed by atoms with E-state index in [9.17, 15) is 13.2 Å². The Morgan fingerprint density at radius 2 is 1.95 bits per heavy atom. The van der Waals surface area contributed by atoms with E-state index in [0.717, 1.165) is 38.5 Å². The Hall–Kier alpha value is -0.460. The number of carbonyl (C=O) groups excluding carboxylic acids is 1. The second-order valence-corrected chi connectivity index (χ2v) is 8.05. The van der Waals surface area contributed by atoms with E-state index in [4.69, 9.17) is 4.74 Å². The molecule has 0 aromatic heterocycles. The molecule has 1 saturated carbocycles. The molecule has 6 heteroatoms. The van der Waals surface area contributed by atoms with Crippen molar-refractivity contribution in [2.24, 2.45) is 5.92 Å². The predicted octanol–water partition coefficient (Wildman–Crippen LogP) is 1.97. The zero-order valence-corrected chi connectivity index (χ0v) is 13.7. The molecule has 1 aliphatic heterocycles. The van der Waals surface area contributed by atoms with E-state index in [-0.39, 0.29) is 30.1 Å². The molecule has 0 aromatic carbocycles. The smallest absolute Gasteiger partial charge is 0.216 e. The second kappa shape index (κ2) is 7.70. The third-order valence-electron chi connectivity index (χ3n) is 4.61. The van der Waals surface area contributed by atoms with Gasteiger partial charge in [0.1, 0.15) is 5.78 Å². The lowest BCUT2D eigenvalue weighted by Crippen LogP contribution is -2.51. The van der Waals surface area contributed by atoms with Crippen molar-refractivity contribution in [2.45, 2.75) is 57.9 Å². The zero-order valence-electron chi connectivity index (χ0n) is 12.9. The lowest BCUT2D eigenvalue weighted by molar-refractivity contribution is -0.126. The summed E-state index contributed by atoms with van der Waals surface area (Å²) in [5.41, 5.74) is 0. The van der Waals surface area contributed by atoms with E-state index in [1.54, 1.807) is 4.31 Å². The van der Waals surface area contributed by atoms with Gasteiger partial charge in [-0.3, -0.25) is 4.79 Å². The van der Waals surface area contributed by atoms with Gasteiger partial charge in [-0.15, -0.1) is 0 Å². The summed E-state index contributed by atoms with van der Waals surface area (Å²) in [6.07, 6.45) is 6.20. The molecule has 0 N–H and O–H groups in total. The van der Waals surface area contributed by atoms with E-state index in [1.807, 2.05) is 6.92 Å². The zero-order chi connectivity index (χ0) is 15.3. The van der Waals surface area contributed by atoms with Crippen molar-refractivity contribution in [3.63, 3.8) is 0 Å². The van der Waals surface area contributed by atoms with Crippen LogP contribution in [0.15, 0.2) is 0 Å². The standard InChI is InChI=1S/C15H27NO4S/c1-2-20-11-12-21(18,19)16-10-6-5-8-14(16)13-7-3-4-9-15(13)17/h13-14H,2-12H2,1H3. The van der Waals surface area contributed by atoms with Gasteiger partial charge in [-0.25, -0.2) is 8.42 Å². The van der Waals surface area contributed by atoms with Crippen LogP contribution in [-0.2, 0) is 19.6 Å². The molecular weight excluding hydrogens is 290 g/mol. The third-order valence-corrected chi connectivity index (χ3v) is 6.46. The van der Waals surface area contributed by atoms with Gasteiger partial charge in [0.25, 0.3) is 0 Å². The molecule has 0 bridgehead atoms. The Bertz CT molecular complexity index is 449. The van der Waals surface area contributed by atoms with Crippen LogP contribution in [0.5, 0.6) is 0 Å². The number of ketones is 1. The lowest BCUT2D eigenvalue weighted by atomic mass is 9.80. The number of hydrogen-bond donors (Lipinski definition) is 0. The predicted molar refractivity (Wildman–Crippen MR) is 81.6 cm³/mol. The molecule has 2 rings (SSSR count). The summed E-state index contributed by atoms with van der Waals surface area (Å²) in [7, 11) is -3.32. The molecule has 122 valence electrons. The van der Waals surface area contributed by atoms with Crippen molar-refractivity contribution >= 4 is 15.8 Å². The number of Topliss-reactive ketones (excluding diaryl/α,β-unsaturated/α-hetero) is 1. The molecule has 2 atom stereocenters. The number of ether oxygens (including phenoxy) is 1. The minimum absolute atomic E-state index is 0.0260. The molecule has 2 aliphatic rings. The maximum absolute atomic E-state index is 12.6. The van der Waals surface area contributed by atoms with Crippen LogP contribution in [0.2, 0.25) is 0 Å². The largest absolute Gasteiger partial charge is 0.381 e. The number of sulfonamides is 1. The van der Waals surface area contributed by atoms with Gasteiger partial charge in [0.2, 0.25) is 10.0 Å². The highest BCUT2D eigenvalue weighted by molar-refractivity contribution is 7.89. The van der Waals surface area contributed by atoms with Gasteiger partial charge in [0.15, 0.2) is 0 Å². The molecule has 0 aromatic rings. The molecular formula is C15H27NO4S. The van der Waals surface area contributed by atoms with Gasteiger partial charge < -0.3 is 4.74 Å². The van der Waals surface area contributed by atoms with E-state index >= 15 is 0 Å². The quantitative estimate of drug-likeness (QED) is 0.703. The summed E-state index contributed by atoms with van der Waals surface area (Å²) in [6, 6.07) is -0.113. The Balaban J connectivity index is 2.09. The van der Waals surface area contributed by atoms with Gasteiger partial charge in [0.05, 0.1) is 12.4 Å². The SMILES string of the molecule is CCOCCS(=O)(=O)N1CCCCC1C1CCCCC1=O. The van der Waals surface area contributed by atoms with Crippen LogP contribution in [0.1, 0.15) is 51.9 Å². The van der Waals surface area contributed by atoms with Crippen LogP contribution in [0.4, 0.5) is 0 Å². The van der Waals surface area contributed by atoms with Crippen LogP contribution in [0.25, 0.3) is 0 Å². The number of carbonyl (C=O) groups is 1. The van der Waals surface area contributed by atoms with E-state index in [1.165, 1.54) is 0 Å². The highest BCUT2D eigenvalue weighted by atomic mass is 32.2. The normalized spacial score (nSPS) is 28.7. The fourth-order valence-corrected chi connectivity index (χ4v) is 5.16. The van der Waals surface area contributed by atoms with E-state index in [0.29, 0.717) is 19.6 Å². The first-order valence-electron chi connectivity index (χ1n) is 8.16. The fourth-order valence-electron chi connectivity index (χ4n) is 3.52. The van der Waals surface area contributed by atoms with Crippen LogP contribution in [0.3, 0.4) is 0 Å². The molecule has 0 amide bonds. The maximum atomic E-state index is 12.6. The van der Waals surface area contributed by atoms with Gasteiger partial charge in [0, 0.05) is 31.5 Å². The molecule has 2 unspecified atom stereocenters. The summed E-state index contributed by atoms with van der Waals surface area (Å²) in [4.78, 5) is 12.2. The average Bonchev–Trinajstić information content (AvgIpc) is 2.48. The fraction of sp³-hybridized carbons (Fsp3) is 0.933. The minimum atomic E-state index is -3.32. The Morgan fingerprint density at radius 3 is 2.67 bits per heavy atom. The Morgan fingerprint density at radius 1 is 1.19 bits per heavy atom. The second-order valence-electron chi connectivity index (χ2n) is 6.01. The monoisotopic (exact) mass is 317 g/mol. The number of piperidine rings is 1. The first-order chi connectivity index (χ1) is 10.1. The average molecular weight is 317 g/mol. The lowest BCUT2D eigenvalue weighted by Gasteiger charge is -2.40. The number of hydrogen-bond acceptors (Lipinski definition) is 4. The molecule has 0 radical (unpaired) electrons. The van der Waals surface area contributed by atoms with Crippen LogP contribution in [0, 0.1) is 5.92 Å². The first kappa shape index (κ1) is 16.9. The van der Waals surface area contributed by atoms with Gasteiger partial charge >= 0.3 is 0 Å². The highest BCUT2D eigenvalue weighted by Crippen LogP contribution is 2.33. The van der Waals surface area contributed by atoms with E-state index in [2.05, 4.69) is 0 Å². The van der Waals surface area contributed by atoms with Crippen LogP contribution in [-0.4, -0.2) is 50.1 Å². The van der Waals surface area contributed by atoms with Crippen molar-refractivity contribution in [1.82, 2.24) is 4.31 Å². The molecule has 2 fully saturated rings. The molecule has 0 spiro atoms. The maximum Gasteiger partial charge on any atom is 0.216 e. The topological polar surface area (TPSA) is 63.7 Å². The molecule has 5 nitrogen and oxygen atoms in total. The van der Waals surface area contributed by atoms with Gasteiger partial charge in [-0.05, 0) is 32.6 Å². The summed E-state index contributed by atoms with van der Waals surface area (Å²) in [6.45, 7) is 3.18.